The molecule has 0 rings (SSSR count). The van der Waals surface area contributed by atoms with Gasteiger partial charge in [0.15, 0.2) is 0 Å². The number of carbonyl (C=O) groups excluding carboxylic acids is 2. The molecule has 3 N–H and O–H groups in total. The van der Waals surface area contributed by atoms with Crippen molar-refractivity contribution in [3.05, 3.63) is 48.6 Å². The maximum Gasteiger partial charge on any atom is 0.306 e. The highest BCUT2D eigenvalue weighted by Crippen LogP contribution is 2.18. The average molecular weight is 884 g/mol. The number of carbonyl (C=O) groups is 2. The second-order valence-corrected chi connectivity index (χ2v) is 18.7. The fraction of sp³-hybridized carbons (Fsp3) is 0.825. The molecular weight excluding hydrogens is 779 g/mol. The van der Waals surface area contributed by atoms with Crippen molar-refractivity contribution in [2.75, 3.05) is 6.61 Å². The molecule has 0 aromatic heterocycles. The van der Waals surface area contributed by atoms with E-state index in [9.17, 15) is 19.8 Å². The lowest BCUT2D eigenvalue weighted by Crippen LogP contribution is -2.46. The van der Waals surface area contributed by atoms with Crippen LogP contribution in [0.4, 0.5) is 0 Å². The molecule has 0 aliphatic carbocycles. The molecule has 3 atom stereocenters. The number of ether oxygens (including phenoxy) is 1. The van der Waals surface area contributed by atoms with Crippen molar-refractivity contribution in [3.63, 3.8) is 0 Å². The zero-order valence-electron chi connectivity index (χ0n) is 42.0. The van der Waals surface area contributed by atoms with Crippen molar-refractivity contribution in [3.8, 4) is 0 Å². The van der Waals surface area contributed by atoms with E-state index >= 15 is 0 Å². The third-order valence-corrected chi connectivity index (χ3v) is 12.5. The topological polar surface area (TPSA) is 95.9 Å². The molecule has 0 radical (unpaired) electrons. The average Bonchev–Trinajstić information content (AvgIpc) is 3.28. The first-order chi connectivity index (χ1) is 31.0. The van der Waals surface area contributed by atoms with E-state index in [4.69, 9.17) is 4.74 Å². The number of allylic oxidation sites excluding steroid dienone is 8. The molecule has 0 aromatic carbocycles. The summed E-state index contributed by atoms with van der Waals surface area (Å²) in [5.74, 6) is -0.491. The Kier molecular flexibility index (Phi) is 49.1. The van der Waals surface area contributed by atoms with Gasteiger partial charge in [-0.3, -0.25) is 9.59 Å². The van der Waals surface area contributed by atoms with E-state index in [0.29, 0.717) is 19.3 Å². The lowest BCUT2D eigenvalue weighted by atomic mass is 10.0. The van der Waals surface area contributed by atoms with Crippen molar-refractivity contribution >= 4 is 11.9 Å². The maximum absolute atomic E-state index is 13.2. The molecule has 1 amide bonds. The summed E-state index contributed by atoms with van der Waals surface area (Å²) in [6.07, 6.45) is 61.7. The summed E-state index contributed by atoms with van der Waals surface area (Å²) in [7, 11) is 0. The molecular formula is C57H105NO5. The molecule has 0 spiro atoms. The van der Waals surface area contributed by atoms with Gasteiger partial charge in [-0.1, -0.05) is 243 Å². The Balaban J connectivity index is 4.55. The van der Waals surface area contributed by atoms with Crippen LogP contribution >= 0.6 is 0 Å². The van der Waals surface area contributed by atoms with E-state index in [1.807, 2.05) is 0 Å². The number of esters is 1. The maximum atomic E-state index is 13.2. The van der Waals surface area contributed by atoms with Crippen molar-refractivity contribution in [1.82, 2.24) is 5.32 Å². The van der Waals surface area contributed by atoms with Gasteiger partial charge in [0, 0.05) is 6.42 Å². The number of aliphatic hydroxyl groups is 2. The highest BCUT2D eigenvalue weighted by molar-refractivity contribution is 5.77. The first kappa shape index (κ1) is 60.8. The molecule has 0 aliphatic rings. The van der Waals surface area contributed by atoms with Crippen LogP contribution in [-0.2, 0) is 14.3 Å². The summed E-state index contributed by atoms with van der Waals surface area (Å²) in [5.41, 5.74) is 0. The van der Waals surface area contributed by atoms with E-state index < -0.39 is 18.2 Å². The monoisotopic (exact) mass is 884 g/mol. The van der Waals surface area contributed by atoms with Gasteiger partial charge in [-0.2, -0.15) is 0 Å². The molecule has 3 unspecified atom stereocenters. The number of aliphatic hydroxyl groups excluding tert-OH is 2. The van der Waals surface area contributed by atoms with Gasteiger partial charge in [-0.15, -0.1) is 0 Å². The summed E-state index contributed by atoms with van der Waals surface area (Å²) in [4.78, 5) is 26.2. The molecule has 6 nitrogen and oxygen atoms in total. The second kappa shape index (κ2) is 50.8. The van der Waals surface area contributed by atoms with Crippen molar-refractivity contribution in [2.45, 2.75) is 296 Å². The van der Waals surface area contributed by atoms with E-state index in [0.717, 1.165) is 83.5 Å². The number of unbranched alkanes of at least 4 members (excludes halogenated alkanes) is 31. The first-order valence-corrected chi connectivity index (χ1v) is 27.4. The zero-order chi connectivity index (χ0) is 45.9. The van der Waals surface area contributed by atoms with Crippen LogP contribution in [0, 0.1) is 0 Å². The zero-order valence-corrected chi connectivity index (χ0v) is 42.0. The minimum Gasteiger partial charge on any atom is -0.462 e. The lowest BCUT2D eigenvalue weighted by molar-refractivity contribution is -0.151. The Labute approximate surface area is 391 Å². The molecule has 0 aromatic rings. The number of rotatable bonds is 49. The van der Waals surface area contributed by atoms with Crippen LogP contribution in [0.3, 0.4) is 0 Å². The van der Waals surface area contributed by atoms with E-state index in [2.05, 4.69) is 74.7 Å². The van der Waals surface area contributed by atoms with Crippen molar-refractivity contribution < 1.29 is 24.5 Å². The Bertz CT molecular complexity index is 1080. The number of amides is 1. The van der Waals surface area contributed by atoms with Crippen LogP contribution in [0.5, 0.6) is 0 Å². The quantitative estimate of drug-likeness (QED) is 0.0245. The van der Waals surface area contributed by atoms with Gasteiger partial charge in [0.2, 0.25) is 5.91 Å². The van der Waals surface area contributed by atoms with Crippen LogP contribution in [0.2, 0.25) is 0 Å². The molecule has 368 valence electrons. The summed E-state index contributed by atoms with van der Waals surface area (Å²) in [5, 5.41) is 23.8. The van der Waals surface area contributed by atoms with Gasteiger partial charge in [-0.25, -0.2) is 0 Å². The number of hydrogen-bond donors (Lipinski definition) is 3. The lowest BCUT2D eigenvalue weighted by Gasteiger charge is -2.24. The minimum absolute atomic E-state index is 0.0633. The normalized spacial score (nSPS) is 13.5. The second-order valence-electron chi connectivity index (χ2n) is 18.7. The Morgan fingerprint density at radius 2 is 0.873 bits per heavy atom. The number of hydrogen-bond acceptors (Lipinski definition) is 5. The third kappa shape index (κ3) is 46.2. The van der Waals surface area contributed by atoms with Crippen LogP contribution in [0.25, 0.3) is 0 Å². The molecule has 63 heavy (non-hydrogen) atoms. The Morgan fingerprint density at radius 1 is 0.476 bits per heavy atom. The third-order valence-electron chi connectivity index (χ3n) is 12.5. The predicted molar refractivity (Wildman–Crippen MR) is 273 cm³/mol. The molecule has 0 saturated heterocycles. The summed E-state index contributed by atoms with van der Waals surface area (Å²) < 4.78 is 5.94. The van der Waals surface area contributed by atoms with Crippen LogP contribution in [-0.4, -0.2) is 46.9 Å². The largest absolute Gasteiger partial charge is 0.462 e. The van der Waals surface area contributed by atoms with E-state index in [-0.39, 0.29) is 24.9 Å². The molecule has 0 aliphatic heterocycles. The fourth-order valence-corrected chi connectivity index (χ4v) is 8.31. The van der Waals surface area contributed by atoms with Gasteiger partial charge >= 0.3 is 5.97 Å². The standard InChI is InChI=1S/C57H105NO5/c1-4-7-10-13-16-19-22-25-27-28-29-32-35-38-41-44-47-50-57(62)63-53(48-45-42-39-36-33-30-24-21-18-15-12-9-6-3)51-56(61)58-54(52-59)55(60)49-46-43-40-37-34-31-26-23-20-17-14-11-8-5-2/h9,12,15,18,21,24-25,27,53-55,59-60H,4-8,10-11,13-14,16-17,19-20,22-23,26,28-52H2,1-3H3,(H,58,61)/b12-9+,18-15+,24-21+,27-25+. The Hall–Kier alpha value is -2.18. The fourth-order valence-electron chi connectivity index (χ4n) is 8.31. The summed E-state index contributed by atoms with van der Waals surface area (Å²) in [6.45, 7) is 6.36. The molecule has 0 bridgehead atoms. The molecule has 0 heterocycles. The highest BCUT2D eigenvalue weighted by Gasteiger charge is 2.24. The Morgan fingerprint density at radius 3 is 1.33 bits per heavy atom. The minimum atomic E-state index is -0.794. The van der Waals surface area contributed by atoms with E-state index in [1.165, 1.54) is 148 Å². The van der Waals surface area contributed by atoms with Crippen LogP contribution < -0.4 is 5.32 Å². The van der Waals surface area contributed by atoms with Gasteiger partial charge < -0.3 is 20.3 Å². The van der Waals surface area contributed by atoms with Gasteiger partial charge in [0.05, 0.1) is 25.2 Å². The SMILES string of the molecule is CC/C=C/C=C/C=C/CCCCCCCC(CC(=O)NC(CO)C(O)CCCCCCCCCCCCCCCC)OC(=O)CCCCCCCCC/C=C/CCCCCCCC. The molecule has 0 saturated carbocycles. The van der Waals surface area contributed by atoms with Gasteiger partial charge in [0.25, 0.3) is 0 Å². The van der Waals surface area contributed by atoms with Crippen LogP contribution in [0.1, 0.15) is 278 Å². The van der Waals surface area contributed by atoms with E-state index in [1.54, 1.807) is 0 Å². The van der Waals surface area contributed by atoms with Gasteiger partial charge in [0.1, 0.15) is 6.10 Å². The number of nitrogens with one attached hydrogen (secondary N) is 1. The van der Waals surface area contributed by atoms with Crippen molar-refractivity contribution in [2.24, 2.45) is 0 Å². The first-order valence-electron chi connectivity index (χ1n) is 27.4. The molecule has 6 heteroatoms. The van der Waals surface area contributed by atoms with Crippen molar-refractivity contribution in [1.29, 1.82) is 0 Å². The highest BCUT2D eigenvalue weighted by atomic mass is 16.5. The van der Waals surface area contributed by atoms with Crippen LogP contribution in [0.15, 0.2) is 48.6 Å². The predicted octanol–water partition coefficient (Wildman–Crippen LogP) is 16.6. The summed E-state index contributed by atoms with van der Waals surface area (Å²) >= 11 is 0. The molecule has 0 fully saturated rings. The smallest absolute Gasteiger partial charge is 0.306 e. The summed E-state index contributed by atoms with van der Waals surface area (Å²) in [6, 6.07) is -0.709. The van der Waals surface area contributed by atoms with Gasteiger partial charge in [-0.05, 0) is 70.6 Å².